The third kappa shape index (κ3) is 3.68. The van der Waals surface area contributed by atoms with E-state index in [0.29, 0.717) is 22.9 Å². The molecule has 29 heavy (non-hydrogen) atoms. The summed E-state index contributed by atoms with van der Waals surface area (Å²) in [7, 11) is 1.63. The average Bonchev–Trinajstić information content (AvgIpc) is 3.16. The Kier molecular flexibility index (Phi) is 4.53. The summed E-state index contributed by atoms with van der Waals surface area (Å²) >= 11 is 0. The molecule has 152 valence electrons. The number of fused-ring (bicyclic) bond motifs is 2. The minimum absolute atomic E-state index is 0.318. The Morgan fingerprint density at radius 1 is 1.10 bits per heavy atom. The molecular weight excluding hydrogens is 372 g/mol. The monoisotopic (exact) mass is 396 g/mol. The van der Waals surface area contributed by atoms with Crippen LogP contribution in [-0.2, 0) is 0 Å². The fourth-order valence-electron chi connectivity index (χ4n) is 3.49. The highest BCUT2D eigenvalue weighted by Gasteiger charge is 2.31. The van der Waals surface area contributed by atoms with Crippen molar-refractivity contribution in [3.63, 3.8) is 0 Å². The molecule has 1 aromatic heterocycles. The second-order valence-electron chi connectivity index (χ2n) is 7.54. The van der Waals surface area contributed by atoms with Crippen LogP contribution >= 0.6 is 0 Å². The van der Waals surface area contributed by atoms with E-state index in [2.05, 4.69) is 10.6 Å². The highest BCUT2D eigenvalue weighted by molar-refractivity contribution is 5.90. The smallest absolute Gasteiger partial charge is 0.319 e. The summed E-state index contributed by atoms with van der Waals surface area (Å²) in [6.07, 6.45) is 0. The molecule has 0 saturated heterocycles. The van der Waals surface area contributed by atoms with E-state index in [1.807, 2.05) is 45.9 Å². The number of hydrogen-bond donors (Lipinski definition) is 2. The molecule has 0 saturated carbocycles. The lowest BCUT2D eigenvalue weighted by Gasteiger charge is -2.16. The minimum atomic E-state index is -0.709. The molecule has 1 atom stereocenters. The lowest BCUT2D eigenvalue weighted by molar-refractivity contribution is -0.0431. The first kappa shape index (κ1) is 19.0. The number of ether oxygens (including phenoxy) is 3. The number of urea groups is 1. The zero-order valence-electron chi connectivity index (χ0n) is 17.1. The maximum absolute atomic E-state index is 12.5. The van der Waals surface area contributed by atoms with Crippen LogP contribution in [-0.4, -0.2) is 18.9 Å². The van der Waals surface area contributed by atoms with Crippen molar-refractivity contribution in [2.45, 2.75) is 39.5 Å². The van der Waals surface area contributed by atoms with Crippen LogP contribution in [0.25, 0.3) is 11.0 Å². The lowest BCUT2D eigenvalue weighted by atomic mass is 10.1. The zero-order chi connectivity index (χ0) is 20.8. The molecule has 4 rings (SSSR count). The van der Waals surface area contributed by atoms with Crippen molar-refractivity contribution < 1.29 is 23.4 Å². The van der Waals surface area contributed by atoms with E-state index >= 15 is 0 Å². The molecule has 2 aromatic carbocycles. The Bertz CT molecular complexity index is 1090. The van der Waals surface area contributed by atoms with Gasteiger partial charge >= 0.3 is 6.03 Å². The number of nitrogens with one attached hydrogen (secondary N) is 2. The van der Waals surface area contributed by atoms with Crippen LogP contribution in [0.4, 0.5) is 10.5 Å². The first-order valence-electron chi connectivity index (χ1n) is 9.42. The van der Waals surface area contributed by atoms with E-state index < -0.39 is 5.79 Å². The Balaban J connectivity index is 1.47. The molecule has 7 heteroatoms. The Morgan fingerprint density at radius 2 is 1.86 bits per heavy atom. The van der Waals surface area contributed by atoms with Crippen molar-refractivity contribution in [2.24, 2.45) is 0 Å². The van der Waals surface area contributed by atoms with Gasteiger partial charge in [-0.2, -0.15) is 0 Å². The van der Waals surface area contributed by atoms with E-state index in [-0.39, 0.29) is 12.1 Å². The number of hydrogen-bond acceptors (Lipinski definition) is 5. The molecule has 0 radical (unpaired) electrons. The van der Waals surface area contributed by atoms with Crippen LogP contribution in [0.5, 0.6) is 17.2 Å². The van der Waals surface area contributed by atoms with Gasteiger partial charge in [0.25, 0.3) is 0 Å². The van der Waals surface area contributed by atoms with Crippen molar-refractivity contribution in [3.05, 3.63) is 47.7 Å². The SMILES string of the molecule is COc1ccc2oc([C@@H](C)NC(=O)Nc3ccc4c(c3)OC(C)(C)O4)c(C)c2c1. The maximum Gasteiger partial charge on any atom is 0.319 e. The largest absolute Gasteiger partial charge is 0.497 e. The number of methoxy groups -OCH3 is 1. The van der Waals surface area contributed by atoms with E-state index in [0.717, 1.165) is 22.3 Å². The van der Waals surface area contributed by atoms with Gasteiger partial charge in [-0.05, 0) is 44.2 Å². The van der Waals surface area contributed by atoms with E-state index in [9.17, 15) is 4.79 Å². The van der Waals surface area contributed by atoms with Gasteiger partial charge in [0, 0.05) is 36.6 Å². The van der Waals surface area contributed by atoms with Crippen molar-refractivity contribution in [1.29, 1.82) is 0 Å². The van der Waals surface area contributed by atoms with Gasteiger partial charge in [-0.3, -0.25) is 0 Å². The van der Waals surface area contributed by atoms with Crippen molar-refractivity contribution in [2.75, 3.05) is 12.4 Å². The number of benzene rings is 2. The summed E-state index contributed by atoms with van der Waals surface area (Å²) in [6, 6.07) is 10.3. The predicted molar refractivity (Wildman–Crippen MR) is 110 cm³/mol. The van der Waals surface area contributed by atoms with Crippen LogP contribution in [0.3, 0.4) is 0 Å². The van der Waals surface area contributed by atoms with Crippen molar-refractivity contribution in [3.8, 4) is 17.2 Å². The van der Waals surface area contributed by atoms with Gasteiger partial charge in [0.15, 0.2) is 11.5 Å². The van der Waals surface area contributed by atoms with E-state index in [4.69, 9.17) is 18.6 Å². The topological polar surface area (TPSA) is 82.0 Å². The standard InChI is InChI=1S/C22H24N2O5/c1-12-16-11-15(26-5)7-9-17(16)27-20(12)13(2)23-21(25)24-14-6-8-18-19(10-14)29-22(3,4)28-18/h6-11,13H,1-5H3,(H2,23,24,25)/t13-/m1/s1. The van der Waals surface area contributed by atoms with Gasteiger partial charge in [-0.15, -0.1) is 0 Å². The van der Waals surface area contributed by atoms with Crippen LogP contribution in [0.2, 0.25) is 0 Å². The highest BCUT2D eigenvalue weighted by Crippen LogP contribution is 2.40. The fourth-order valence-corrected chi connectivity index (χ4v) is 3.49. The Hall–Kier alpha value is -3.35. The molecule has 1 aliphatic heterocycles. The van der Waals surface area contributed by atoms with Crippen molar-refractivity contribution in [1.82, 2.24) is 5.32 Å². The first-order valence-corrected chi connectivity index (χ1v) is 9.42. The molecular formula is C22H24N2O5. The lowest BCUT2D eigenvalue weighted by Crippen LogP contribution is -2.31. The second-order valence-corrected chi connectivity index (χ2v) is 7.54. The molecule has 3 aromatic rings. The number of rotatable bonds is 4. The Labute approximate surface area is 168 Å². The normalized spacial score (nSPS) is 15.2. The number of carbonyl (C=O) groups is 1. The summed E-state index contributed by atoms with van der Waals surface area (Å²) in [5.74, 6) is 2.01. The predicted octanol–water partition coefficient (Wildman–Crippen LogP) is 5.14. The maximum atomic E-state index is 12.5. The molecule has 0 fully saturated rings. The number of aryl methyl sites for hydroxylation is 1. The molecule has 0 unspecified atom stereocenters. The molecule has 2 N–H and O–H groups in total. The summed E-state index contributed by atoms with van der Waals surface area (Å²) in [4.78, 5) is 12.5. The number of carbonyl (C=O) groups excluding carboxylic acids is 1. The van der Waals surface area contributed by atoms with Crippen LogP contribution < -0.4 is 24.8 Å². The second kappa shape index (κ2) is 6.92. The van der Waals surface area contributed by atoms with Crippen LogP contribution in [0.15, 0.2) is 40.8 Å². The van der Waals surface area contributed by atoms with E-state index in [1.165, 1.54) is 0 Å². The van der Waals surface area contributed by atoms with Gasteiger partial charge < -0.3 is 29.3 Å². The summed E-state index contributed by atoms with van der Waals surface area (Å²) in [6.45, 7) is 7.51. The van der Waals surface area contributed by atoms with Gasteiger partial charge in [0.2, 0.25) is 5.79 Å². The van der Waals surface area contributed by atoms with E-state index in [1.54, 1.807) is 25.3 Å². The molecule has 0 bridgehead atoms. The molecule has 2 heterocycles. The first-order chi connectivity index (χ1) is 13.8. The van der Waals surface area contributed by atoms with Gasteiger partial charge in [0.05, 0.1) is 13.2 Å². The fraction of sp³-hybridized carbons (Fsp3) is 0.318. The zero-order valence-corrected chi connectivity index (χ0v) is 17.1. The average molecular weight is 396 g/mol. The third-order valence-corrected chi connectivity index (χ3v) is 4.83. The summed E-state index contributed by atoms with van der Waals surface area (Å²) < 4.78 is 22.6. The minimum Gasteiger partial charge on any atom is -0.497 e. The molecule has 2 amide bonds. The van der Waals surface area contributed by atoms with Gasteiger partial charge in [-0.1, -0.05) is 0 Å². The summed E-state index contributed by atoms with van der Waals surface area (Å²) in [5.41, 5.74) is 2.34. The number of furan rings is 1. The van der Waals surface area contributed by atoms with Crippen molar-refractivity contribution >= 4 is 22.7 Å². The molecule has 0 aliphatic carbocycles. The molecule has 0 spiro atoms. The Morgan fingerprint density at radius 3 is 2.62 bits per heavy atom. The third-order valence-electron chi connectivity index (χ3n) is 4.83. The quantitative estimate of drug-likeness (QED) is 0.638. The van der Waals surface area contributed by atoms with Crippen LogP contribution in [0.1, 0.15) is 38.1 Å². The van der Waals surface area contributed by atoms with Gasteiger partial charge in [-0.25, -0.2) is 4.79 Å². The summed E-state index contributed by atoms with van der Waals surface area (Å²) in [5, 5.41) is 6.70. The molecule has 7 nitrogen and oxygen atoms in total. The van der Waals surface area contributed by atoms with Crippen LogP contribution in [0, 0.1) is 6.92 Å². The number of amides is 2. The molecule has 1 aliphatic rings. The highest BCUT2D eigenvalue weighted by atomic mass is 16.7. The van der Waals surface area contributed by atoms with Gasteiger partial charge in [0.1, 0.15) is 17.1 Å². The number of anilines is 1.